The molecule has 75 heavy (non-hydrogen) atoms. The smallest absolute Gasteiger partial charge is 0.407 e. The standard InChI is InChI=1S/C55H78N8O11S/c1-32(2)28-44(50(67)60-43(53(70)71)20-14-15-26-56)61-51(68)45(29-35-21-23-36(24-22-35)74-55(6,7)8)62-52(69)47(33(3)4)63-49(66)42(25-27-75-9)59-48(65)34(5)58-46(64)30-57-54(72)73-31-41-39-18-12-10-16-37(39)38-17-11-13-19-40(38)41/h10-13,16-19,21-24,32-34,41-45,47H,14-15,20,25-31,56H2,1-9H3,(H,57,72)(H,58,64)(H,59,65)(H,60,67)(H,61,68)(H,62,69)(H,63,66)(H,70,71)/t34-,42-,43-,44-,45-,47-/m0/s1. The van der Waals surface area contributed by atoms with E-state index >= 15 is 0 Å². The molecule has 1 aliphatic rings. The molecule has 0 bridgehead atoms. The Kier molecular flexibility index (Phi) is 23.9. The molecule has 0 aliphatic heterocycles. The lowest BCUT2D eigenvalue weighted by molar-refractivity contribution is -0.142. The third-order valence-corrected chi connectivity index (χ3v) is 13.0. The van der Waals surface area contributed by atoms with E-state index in [-0.39, 0.29) is 44.1 Å². The predicted octanol–water partition coefficient (Wildman–Crippen LogP) is 4.54. The molecule has 6 atom stereocenters. The van der Waals surface area contributed by atoms with Gasteiger partial charge in [-0.05, 0) is 130 Å². The second-order valence-electron chi connectivity index (χ2n) is 20.5. The van der Waals surface area contributed by atoms with Gasteiger partial charge in [0.05, 0.1) is 0 Å². The third-order valence-electron chi connectivity index (χ3n) is 12.3. The van der Waals surface area contributed by atoms with Gasteiger partial charge in [0, 0.05) is 12.3 Å². The molecule has 3 aromatic carbocycles. The first-order valence-corrected chi connectivity index (χ1v) is 27.0. The van der Waals surface area contributed by atoms with Crippen molar-refractivity contribution in [2.75, 3.05) is 31.7 Å². The first-order valence-electron chi connectivity index (χ1n) is 25.6. The Balaban J connectivity index is 1.43. The summed E-state index contributed by atoms with van der Waals surface area (Å²) in [5.41, 5.74) is 9.95. The van der Waals surface area contributed by atoms with Crippen molar-refractivity contribution < 1.29 is 52.9 Å². The maximum absolute atomic E-state index is 14.3. The molecule has 0 saturated carbocycles. The van der Waals surface area contributed by atoms with Crippen LogP contribution in [0.3, 0.4) is 0 Å². The molecule has 0 fully saturated rings. The number of benzene rings is 3. The molecule has 1 aliphatic carbocycles. The number of carboxylic acid groups (broad SMARTS) is 1. The van der Waals surface area contributed by atoms with Crippen LogP contribution in [0.1, 0.15) is 110 Å². The summed E-state index contributed by atoms with van der Waals surface area (Å²) in [4.78, 5) is 108. The summed E-state index contributed by atoms with van der Waals surface area (Å²) in [6.45, 7) is 14.2. The summed E-state index contributed by atoms with van der Waals surface area (Å²) in [6.07, 6.45) is 2.45. The molecular weight excluding hydrogens is 981 g/mol. The van der Waals surface area contributed by atoms with Crippen LogP contribution < -0.4 is 47.7 Å². The number of fused-ring (bicyclic) bond motifs is 3. The number of thioether (sulfide) groups is 1. The van der Waals surface area contributed by atoms with Crippen LogP contribution in [0.4, 0.5) is 4.79 Å². The summed E-state index contributed by atoms with van der Waals surface area (Å²) in [6, 6.07) is 15.6. The van der Waals surface area contributed by atoms with E-state index in [9.17, 15) is 43.5 Å². The van der Waals surface area contributed by atoms with Gasteiger partial charge in [-0.3, -0.25) is 28.8 Å². The number of rotatable bonds is 29. The van der Waals surface area contributed by atoms with Crippen molar-refractivity contribution in [1.29, 1.82) is 0 Å². The Morgan fingerprint density at radius 1 is 0.667 bits per heavy atom. The van der Waals surface area contributed by atoms with Crippen LogP contribution in [0.15, 0.2) is 72.8 Å². The van der Waals surface area contributed by atoms with Gasteiger partial charge in [0.15, 0.2) is 0 Å². The molecule has 0 aromatic heterocycles. The van der Waals surface area contributed by atoms with Gasteiger partial charge in [0.1, 0.15) is 60.8 Å². The zero-order valence-corrected chi connectivity index (χ0v) is 45.5. The van der Waals surface area contributed by atoms with Crippen molar-refractivity contribution in [3.8, 4) is 16.9 Å². The van der Waals surface area contributed by atoms with E-state index in [0.29, 0.717) is 36.5 Å². The van der Waals surface area contributed by atoms with E-state index in [1.165, 1.54) is 18.7 Å². The van der Waals surface area contributed by atoms with Gasteiger partial charge in [0.2, 0.25) is 35.4 Å². The van der Waals surface area contributed by atoms with E-state index in [1.807, 2.05) is 89.4 Å². The molecule has 4 rings (SSSR count). The molecule has 3 aromatic rings. The summed E-state index contributed by atoms with van der Waals surface area (Å²) < 4.78 is 11.5. The number of alkyl carbamates (subject to hydrolysis) is 1. The number of amides is 7. The number of carbonyl (C=O) groups excluding carboxylic acids is 7. The monoisotopic (exact) mass is 1060 g/mol. The minimum absolute atomic E-state index is 0.0454. The normalized spacial score (nSPS) is 14.4. The quantitative estimate of drug-likeness (QED) is 0.0433. The van der Waals surface area contributed by atoms with Gasteiger partial charge >= 0.3 is 12.1 Å². The number of aliphatic carboxylic acids is 1. The first kappa shape index (κ1) is 60.9. The van der Waals surface area contributed by atoms with Crippen molar-refractivity contribution in [1.82, 2.24) is 37.2 Å². The van der Waals surface area contributed by atoms with Crippen molar-refractivity contribution in [3.05, 3.63) is 89.5 Å². The van der Waals surface area contributed by atoms with Gasteiger partial charge in [-0.15, -0.1) is 0 Å². The molecular formula is C55H78N8O11S. The lowest BCUT2D eigenvalue weighted by Crippen LogP contribution is -2.61. The molecule has 0 saturated heterocycles. The SMILES string of the molecule is CSCC[C@H](NC(=O)[C@H](C)NC(=O)CNC(=O)OCC1c2ccccc2-c2ccccc21)C(=O)N[C@H](C(=O)N[C@@H](Cc1ccc(OC(C)(C)C)cc1)C(=O)N[C@@H](CC(C)C)C(=O)N[C@@H](CCCCN)C(=O)O)C(C)C. The Labute approximate surface area is 445 Å². The molecule has 19 nitrogen and oxygen atoms in total. The molecule has 0 unspecified atom stereocenters. The molecule has 0 radical (unpaired) electrons. The Morgan fingerprint density at radius 2 is 1.23 bits per heavy atom. The number of carbonyl (C=O) groups is 8. The summed E-state index contributed by atoms with van der Waals surface area (Å²) in [7, 11) is 0. The number of unbranched alkanes of at least 4 members (excludes halogenated alkanes) is 1. The van der Waals surface area contributed by atoms with E-state index in [1.54, 1.807) is 38.1 Å². The van der Waals surface area contributed by atoms with E-state index < -0.39 is 102 Å². The molecule has 10 N–H and O–H groups in total. The van der Waals surface area contributed by atoms with Gasteiger partial charge in [-0.1, -0.05) is 88.4 Å². The highest BCUT2D eigenvalue weighted by molar-refractivity contribution is 7.98. The number of nitrogens with one attached hydrogen (secondary N) is 7. The van der Waals surface area contributed by atoms with Gasteiger partial charge in [-0.25, -0.2) is 9.59 Å². The van der Waals surface area contributed by atoms with Crippen molar-refractivity contribution in [2.24, 2.45) is 17.6 Å². The van der Waals surface area contributed by atoms with Crippen LogP contribution in [-0.2, 0) is 44.7 Å². The van der Waals surface area contributed by atoms with Crippen LogP contribution in [0.25, 0.3) is 11.1 Å². The fourth-order valence-electron chi connectivity index (χ4n) is 8.50. The minimum Gasteiger partial charge on any atom is -0.488 e. The Bertz CT molecular complexity index is 2380. The molecule has 7 amide bonds. The minimum atomic E-state index is -1.29. The van der Waals surface area contributed by atoms with Gasteiger partial charge in [-0.2, -0.15) is 11.8 Å². The van der Waals surface area contributed by atoms with E-state index in [0.717, 1.165) is 22.3 Å². The van der Waals surface area contributed by atoms with Crippen LogP contribution >= 0.6 is 11.8 Å². The number of hydrogen-bond donors (Lipinski definition) is 9. The highest BCUT2D eigenvalue weighted by atomic mass is 32.2. The average Bonchev–Trinajstić information content (AvgIpc) is 3.67. The zero-order chi connectivity index (χ0) is 55.4. The third kappa shape index (κ3) is 19.5. The Morgan fingerprint density at radius 3 is 1.79 bits per heavy atom. The highest BCUT2D eigenvalue weighted by Gasteiger charge is 2.35. The van der Waals surface area contributed by atoms with Gasteiger partial charge < -0.3 is 57.5 Å². The number of ether oxygens (including phenoxy) is 2. The largest absolute Gasteiger partial charge is 0.488 e. The summed E-state index contributed by atoms with van der Waals surface area (Å²) in [5.74, 6) is -5.24. The lowest BCUT2D eigenvalue weighted by atomic mass is 9.98. The average molecular weight is 1060 g/mol. The zero-order valence-electron chi connectivity index (χ0n) is 44.7. The summed E-state index contributed by atoms with van der Waals surface area (Å²) >= 11 is 1.43. The maximum atomic E-state index is 14.3. The fraction of sp³-hybridized carbons (Fsp3) is 0.527. The van der Waals surface area contributed by atoms with Crippen LogP contribution in [0, 0.1) is 11.8 Å². The molecule has 0 heterocycles. The van der Waals surface area contributed by atoms with Crippen LogP contribution in [0.5, 0.6) is 5.75 Å². The number of nitrogens with two attached hydrogens (primary N) is 1. The highest BCUT2D eigenvalue weighted by Crippen LogP contribution is 2.44. The van der Waals surface area contributed by atoms with Crippen LogP contribution in [-0.4, -0.2) is 126 Å². The lowest BCUT2D eigenvalue weighted by Gasteiger charge is -2.29. The Hall–Kier alpha value is -6.67. The topological polar surface area (TPSA) is 285 Å². The van der Waals surface area contributed by atoms with Crippen LogP contribution in [0.2, 0.25) is 0 Å². The second kappa shape index (κ2) is 29.4. The number of carboxylic acids is 1. The first-order chi connectivity index (χ1) is 35.5. The number of hydrogen-bond acceptors (Lipinski definition) is 12. The van der Waals surface area contributed by atoms with Gasteiger partial charge in [0.25, 0.3) is 0 Å². The van der Waals surface area contributed by atoms with Crippen molar-refractivity contribution in [3.63, 3.8) is 0 Å². The predicted molar refractivity (Wildman–Crippen MR) is 289 cm³/mol. The molecule has 410 valence electrons. The van der Waals surface area contributed by atoms with Crippen molar-refractivity contribution in [2.45, 2.75) is 142 Å². The van der Waals surface area contributed by atoms with E-state index in [4.69, 9.17) is 15.2 Å². The summed E-state index contributed by atoms with van der Waals surface area (Å²) in [5, 5.41) is 28.4. The fourth-order valence-corrected chi connectivity index (χ4v) is 8.97. The second-order valence-corrected chi connectivity index (χ2v) is 21.5. The van der Waals surface area contributed by atoms with Crippen molar-refractivity contribution >= 4 is 59.3 Å². The maximum Gasteiger partial charge on any atom is 0.407 e. The molecule has 0 spiro atoms. The van der Waals surface area contributed by atoms with E-state index in [2.05, 4.69) is 37.2 Å². The molecule has 20 heteroatoms.